The molecule has 1 aliphatic heterocycles. The zero-order chi connectivity index (χ0) is 11.1. The van der Waals surface area contributed by atoms with Crippen LogP contribution in [0.4, 0.5) is 0 Å². The Hall–Kier alpha value is -0.270. The average Bonchev–Trinajstić information content (AvgIpc) is 2.15. The second kappa shape index (κ2) is 3.95. The van der Waals surface area contributed by atoms with Crippen molar-refractivity contribution in [3.8, 4) is 0 Å². The molecule has 5 heteroatoms. The van der Waals surface area contributed by atoms with Gasteiger partial charge in [0.25, 0.3) is 10.1 Å². The molecule has 0 saturated heterocycles. The molecule has 0 radical (unpaired) electrons. The van der Waals surface area contributed by atoms with Crippen LogP contribution in [0.5, 0.6) is 0 Å². The summed E-state index contributed by atoms with van der Waals surface area (Å²) in [5.41, 5.74) is 1.52. The van der Waals surface area contributed by atoms with Crippen LogP contribution in [0.1, 0.15) is 19.8 Å². The van der Waals surface area contributed by atoms with Crippen molar-refractivity contribution in [2.24, 2.45) is 0 Å². The van der Waals surface area contributed by atoms with Gasteiger partial charge in [-0.05, 0) is 27.4 Å². The lowest BCUT2D eigenvalue weighted by Gasteiger charge is -2.20. The molecule has 1 heterocycles. The first-order chi connectivity index (χ1) is 7.00. The molecule has 0 spiro atoms. The molecular weight excluding hydrogens is 327 g/mol. The lowest BCUT2D eigenvalue weighted by molar-refractivity contribution is 0.491. The highest BCUT2D eigenvalue weighted by Crippen LogP contribution is 2.40. The van der Waals surface area contributed by atoms with Crippen LogP contribution in [0.15, 0.2) is 31.8 Å². The van der Waals surface area contributed by atoms with Gasteiger partial charge in [-0.1, -0.05) is 38.5 Å². The SMILES string of the molecule is CC1=C(S(=O)(=O)O)C2=C(CC1)I=CC=C2. The zero-order valence-electron chi connectivity index (χ0n) is 8.20. The van der Waals surface area contributed by atoms with Crippen LogP contribution < -0.4 is 0 Å². The predicted octanol–water partition coefficient (Wildman–Crippen LogP) is 2.54. The number of allylic oxidation sites excluding steroid dienone is 5. The fourth-order valence-electron chi connectivity index (χ4n) is 1.78. The Bertz CT molecular complexity index is 521. The van der Waals surface area contributed by atoms with E-state index in [1.807, 2.05) is 6.08 Å². The highest BCUT2D eigenvalue weighted by molar-refractivity contribution is 14.2. The minimum Gasteiger partial charge on any atom is -0.282 e. The van der Waals surface area contributed by atoms with E-state index in [0.29, 0.717) is 0 Å². The molecule has 2 rings (SSSR count). The summed E-state index contributed by atoms with van der Waals surface area (Å²) < 4.78 is 35.1. The van der Waals surface area contributed by atoms with Crippen molar-refractivity contribution in [1.82, 2.24) is 0 Å². The Morgan fingerprint density at radius 1 is 1.40 bits per heavy atom. The number of hydrogen-bond acceptors (Lipinski definition) is 2. The molecule has 15 heavy (non-hydrogen) atoms. The molecule has 0 amide bonds. The number of halogens is 1. The van der Waals surface area contributed by atoms with E-state index in [1.54, 1.807) is 13.0 Å². The lowest BCUT2D eigenvalue weighted by Crippen LogP contribution is -2.11. The summed E-state index contributed by atoms with van der Waals surface area (Å²) >= 11 is -0.183. The standard InChI is InChI=1S/C10H11IO3S/c1-7-4-5-9-8(3-2-6-11-9)10(7)15(12,13)14/h2-3,6H,4-5H2,1H3,(H,12,13,14). The van der Waals surface area contributed by atoms with Gasteiger partial charge in [0, 0.05) is 5.57 Å². The van der Waals surface area contributed by atoms with E-state index in [4.69, 9.17) is 0 Å². The Morgan fingerprint density at radius 3 is 2.80 bits per heavy atom. The fraction of sp³-hybridized carbons (Fsp3) is 0.300. The second-order valence-corrected chi connectivity index (χ2v) is 7.50. The minimum atomic E-state index is -4.07. The minimum absolute atomic E-state index is 0.146. The zero-order valence-corrected chi connectivity index (χ0v) is 11.2. The fourth-order valence-corrected chi connectivity index (χ4v) is 5.19. The molecule has 1 N–H and O–H groups in total. The summed E-state index contributed by atoms with van der Waals surface area (Å²) in [5, 5.41) is 0. The summed E-state index contributed by atoms with van der Waals surface area (Å²) in [6.45, 7) is 1.78. The van der Waals surface area contributed by atoms with Crippen molar-refractivity contribution >= 4 is 34.9 Å². The van der Waals surface area contributed by atoms with Gasteiger partial charge in [-0.25, -0.2) is 0 Å². The van der Waals surface area contributed by atoms with Crippen LogP contribution in [-0.2, 0) is 10.1 Å². The third-order valence-corrected chi connectivity index (χ3v) is 6.16. The molecule has 0 aromatic rings. The van der Waals surface area contributed by atoms with Crippen LogP contribution >= 0.6 is 20.7 Å². The highest BCUT2D eigenvalue weighted by Gasteiger charge is 2.26. The largest absolute Gasteiger partial charge is 0.295 e. The van der Waals surface area contributed by atoms with Crippen molar-refractivity contribution in [3.63, 3.8) is 0 Å². The summed E-state index contributed by atoms with van der Waals surface area (Å²) in [7, 11) is -4.07. The van der Waals surface area contributed by atoms with E-state index in [-0.39, 0.29) is 25.6 Å². The van der Waals surface area contributed by atoms with Gasteiger partial charge in [-0.3, -0.25) is 4.55 Å². The van der Waals surface area contributed by atoms with E-state index in [9.17, 15) is 13.0 Å². The maximum absolute atomic E-state index is 11.3. The average molecular weight is 338 g/mol. The molecule has 1 aliphatic carbocycles. The van der Waals surface area contributed by atoms with Crippen LogP contribution in [0.2, 0.25) is 0 Å². The van der Waals surface area contributed by atoms with Crippen LogP contribution in [0.3, 0.4) is 0 Å². The number of hydrogen-bond donors (Lipinski definition) is 1. The van der Waals surface area contributed by atoms with Gasteiger partial charge in [0.15, 0.2) is 0 Å². The molecule has 0 bridgehead atoms. The highest BCUT2D eigenvalue weighted by atomic mass is 127. The van der Waals surface area contributed by atoms with Gasteiger partial charge in [0.2, 0.25) is 0 Å². The first-order valence-electron chi connectivity index (χ1n) is 4.54. The van der Waals surface area contributed by atoms with Crippen LogP contribution in [0, 0.1) is 0 Å². The Kier molecular flexibility index (Phi) is 2.96. The van der Waals surface area contributed by atoms with E-state index in [1.165, 1.54) is 3.58 Å². The third-order valence-electron chi connectivity index (χ3n) is 2.43. The van der Waals surface area contributed by atoms with E-state index in [0.717, 1.165) is 24.0 Å². The smallest absolute Gasteiger partial charge is 0.282 e. The van der Waals surface area contributed by atoms with Gasteiger partial charge in [0.05, 0.1) is 0 Å². The van der Waals surface area contributed by atoms with Crippen molar-refractivity contribution in [2.75, 3.05) is 0 Å². The Labute approximate surface area is 99.1 Å². The molecule has 0 aromatic carbocycles. The summed E-state index contributed by atoms with van der Waals surface area (Å²) in [6, 6.07) is 0. The maximum Gasteiger partial charge on any atom is 0.295 e. The van der Waals surface area contributed by atoms with E-state index in [2.05, 4.69) is 4.01 Å². The molecule has 0 atom stereocenters. The molecule has 3 nitrogen and oxygen atoms in total. The quantitative estimate of drug-likeness (QED) is 0.591. The molecular formula is C10H11IO3S. The molecule has 82 valence electrons. The molecule has 2 aliphatic rings. The second-order valence-electron chi connectivity index (χ2n) is 3.50. The van der Waals surface area contributed by atoms with E-state index >= 15 is 0 Å². The predicted molar refractivity (Wildman–Crippen MR) is 69.7 cm³/mol. The monoisotopic (exact) mass is 338 g/mol. The molecule has 0 unspecified atom stereocenters. The molecule has 0 aromatic heterocycles. The van der Waals surface area contributed by atoms with E-state index < -0.39 is 10.1 Å². The topological polar surface area (TPSA) is 54.4 Å². The van der Waals surface area contributed by atoms with Gasteiger partial charge < -0.3 is 0 Å². The summed E-state index contributed by atoms with van der Waals surface area (Å²) in [5.74, 6) is 0. The first-order valence-corrected chi connectivity index (χ1v) is 8.30. The lowest BCUT2D eigenvalue weighted by atomic mass is 10.00. The van der Waals surface area contributed by atoms with Crippen LogP contribution in [-0.4, -0.2) is 17.0 Å². The summed E-state index contributed by atoms with van der Waals surface area (Å²) in [6.07, 6.45) is 5.36. The van der Waals surface area contributed by atoms with Gasteiger partial charge in [-0.2, -0.15) is 8.42 Å². The third kappa shape index (κ3) is 2.14. The van der Waals surface area contributed by atoms with Crippen molar-refractivity contribution < 1.29 is 13.0 Å². The molecule has 0 saturated carbocycles. The number of rotatable bonds is 1. The van der Waals surface area contributed by atoms with Crippen molar-refractivity contribution in [2.45, 2.75) is 19.8 Å². The maximum atomic E-state index is 11.3. The van der Waals surface area contributed by atoms with Crippen molar-refractivity contribution in [1.29, 1.82) is 0 Å². The Morgan fingerprint density at radius 2 is 2.13 bits per heavy atom. The van der Waals surface area contributed by atoms with Gasteiger partial charge in [0.1, 0.15) is 4.91 Å². The normalized spacial score (nSPS) is 21.5. The van der Waals surface area contributed by atoms with Gasteiger partial charge >= 0.3 is 0 Å². The van der Waals surface area contributed by atoms with Crippen molar-refractivity contribution in [3.05, 3.63) is 31.8 Å². The molecule has 0 fully saturated rings. The van der Waals surface area contributed by atoms with Crippen LogP contribution in [0.25, 0.3) is 0 Å². The Balaban J connectivity index is 2.66. The van der Waals surface area contributed by atoms with Gasteiger partial charge in [-0.15, -0.1) is 0 Å². The first kappa shape index (κ1) is 11.2. The summed E-state index contributed by atoms with van der Waals surface area (Å²) in [4.78, 5) is 0.146.